The molecule has 1 saturated heterocycles. The molecule has 0 amide bonds. The van der Waals surface area contributed by atoms with E-state index in [2.05, 4.69) is 15.2 Å². The topological polar surface area (TPSA) is 65.1 Å². The van der Waals surface area contributed by atoms with Crippen LogP contribution in [0.25, 0.3) is 10.9 Å². The van der Waals surface area contributed by atoms with Crippen molar-refractivity contribution < 1.29 is 27.7 Å². The molecule has 0 unspecified atom stereocenters. The minimum atomic E-state index is -0.809. The highest BCUT2D eigenvalue weighted by molar-refractivity contribution is 5.88. The maximum atomic E-state index is 14.4. The summed E-state index contributed by atoms with van der Waals surface area (Å²) in [5.41, 5.74) is 0.873. The van der Waals surface area contributed by atoms with E-state index in [1.807, 2.05) is 0 Å². The van der Waals surface area contributed by atoms with Gasteiger partial charge in [0.05, 0.1) is 32.4 Å². The predicted octanol–water partition coefficient (Wildman–Crippen LogP) is 4.46. The van der Waals surface area contributed by atoms with E-state index in [0.29, 0.717) is 34.7 Å². The number of morpholine rings is 1. The molecule has 0 atom stereocenters. The quantitative estimate of drug-likeness (QED) is 0.474. The smallest absolute Gasteiger partial charge is 0.198 e. The average molecular weight is 459 g/mol. The lowest BCUT2D eigenvalue weighted by molar-refractivity contribution is 0.0357. The summed E-state index contributed by atoms with van der Waals surface area (Å²) in [5.74, 6) is -0.811. The summed E-state index contributed by atoms with van der Waals surface area (Å²) < 4.78 is 51.3. The lowest BCUT2D eigenvalue weighted by atomic mass is 10.1. The van der Waals surface area contributed by atoms with E-state index in [1.54, 1.807) is 25.2 Å². The predicted molar refractivity (Wildman–Crippen MR) is 122 cm³/mol. The van der Waals surface area contributed by atoms with Crippen molar-refractivity contribution in [2.75, 3.05) is 58.9 Å². The van der Waals surface area contributed by atoms with Crippen LogP contribution in [0.1, 0.15) is 6.42 Å². The molecule has 176 valence electrons. The van der Waals surface area contributed by atoms with Crippen molar-refractivity contribution in [3.63, 3.8) is 0 Å². The zero-order chi connectivity index (χ0) is 23.2. The lowest BCUT2D eigenvalue weighted by Gasteiger charge is -2.26. The molecule has 2 heterocycles. The number of pyridine rings is 1. The Morgan fingerprint density at radius 1 is 1.06 bits per heavy atom. The Morgan fingerprint density at radius 3 is 2.52 bits per heavy atom. The maximum Gasteiger partial charge on any atom is 0.198 e. The highest BCUT2D eigenvalue weighted by atomic mass is 19.1. The van der Waals surface area contributed by atoms with E-state index in [4.69, 9.17) is 18.9 Å². The van der Waals surface area contributed by atoms with Gasteiger partial charge >= 0.3 is 0 Å². The molecular weight excluding hydrogens is 432 g/mol. The van der Waals surface area contributed by atoms with Gasteiger partial charge in [0.2, 0.25) is 0 Å². The summed E-state index contributed by atoms with van der Waals surface area (Å²) in [6.45, 7) is 4.85. The van der Waals surface area contributed by atoms with Crippen LogP contribution >= 0.6 is 0 Å². The van der Waals surface area contributed by atoms with Crippen LogP contribution in [0.3, 0.4) is 0 Å². The van der Waals surface area contributed by atoms with Gasteiger partial charge < -0.3 is 24.3 Å². The van der Waals surface area contributed by atoms with E-state index in [-0.39, 0.29) is 5.75 Å². The van der Waals surface area contributed by atoms with Crippen molar-refractivity contribution >= 4 is 16.6 Å². The minimum absolute atomic E-state index is 0.257. The van der Waals surface area contributed by atoms with Gasteiger partial charge in [-0.2, -0.15) is 0 Å². The van der Waals surface area contributed by atoms with Crippen LogP contribution in [0.15, 0.2) is 36.5 Å². The largest absolute Gasteiger partial charge is 0.493 e. The summed E-state index contributed by atoms with van der Waals surface area (Å²) in [6.07, 6.45) is 2.38. The fourth-order valence-electron chi connectivity index (χ4n) is 3.70. The van der Waals surface area contributed by atoms with Gasteiger partial charge in [-0.05, 0) is 18.6 Å². The van der Waals surface area contributed by atoms with Crippen molar-refractivity contribution in [1.29, 1.82) is 0 Å². The number of nitrogens with zero attached hydrogens (tertiary/aromatic N) is 2. The molecule has 4 rings (SSSR count). The number of anilines is 1. The second-order valence-electron chi connectivity index (χ2n) is 7.61. The molecule has 7 nitrogen and oxygen atoms in total. The molecule has 1 N–H and O–H groups in total. The first-order valence-corrected chi connectivity index (χ1v) is 10.8. The molecule has 1 aliphatic rings. The molecule has 1 aromatic heterocycles. The van der Waals surface area contributed by atoms with Crippen LogP contribution in [0.4, 0.5) is 14.5 Å². The van der Waals surface area contributed by atoms with Crippen LogP contribution < -0.4 is 19.5 Å². The number of aromatic nitrogens is 1. The molecule has 0 radical (unpaired) electrons. The third-order valence-corrected chi connectivity index (χ3v) is 5.47. The summed E-state index contributed by atoms with van der Waals surface area (Å²) in [5, 5.41) is 3.25. The first kappa shape index (κ1) is 23.0. The van der Waals surface area contributed by atoms with Crippen LogP contribution in [0.5, 0.6) is 23.0 Å². The second-order valence-corrected chi connectivity index (χ2v) is 7.61. The summed E-state index contributed by atoms with van der Waals surface area (Å²) >= 11 is 0. The molecule has 0 aliphatic carbocycles. The Morgan fingerprint density at radius 2 is 1.82 bits per heavy atom. The Hall–Kier alpha value is -3.17. The molecular formula is C24H27F2N3O4. The number of methoxy groups -OCH3 is 1. The molecule has 0 spiro atoms. The highest BCUT2D eigenvalue weighted by Gasteiger charge is 2.17. The van der Waals surface area contributed by atoms with Crippen LogP contribution in [-0.2, 0) is 4.74 Å². The van der Waals surface area contributed by atoms with Gasteiger partial charge in [-0.15, -0.1) is 0 Å². The van der Waals surface area contributed by atoms with Gasteiger partial charge in [0.1, 0.15) is 5.75 Å². The SMILES string of the molecule is CNc1cc(F)c(Oc2ccnc3cc(OCCCN4CCOCC4)c(OC)cc23)c(F)c1. The third kappa shape index (κ3) is 5.43. The normalized spacial score (nSPS) is 14.3. The number of hydrogen-bond acceptors (Lipinski definition) is 7. The van der Waals surface area contributed by atoms with E-state index < -0.39 is 17.4 Å². The third-order valence-electron chi connectivity index (χ3n) is 5.47. The van der Waals surface area contributed by atoms with Crippen molar-refractivity contribution in [3.05, 3.63) is 48.2 Å². The van der Waals surface area contributed by atoms with Gasteiger partial charge in [0.25, 0.3) is 0 Å². The molecule has 33 heavy (non-hydrogen) atoms. The number of rotatable bonds is 9. The molecule has 1 aliphatic heterocycles. The molecule has 2 aromatic carbocycles. The molecule has 9 heteroatoms. The fourth-order valence-corrected chi connectivity index (χ4v) is 3.70. The monoisotopic (exact) mass is 459 g/mol. The van der Waals surface area contributed by atoms with Crippen LogP contribution in [-0.4, -0.2) is 63.5 Å². The summed E-state index contributed by atoms with van der Waals surface area (Å²) in [6, 6.07) is 7.34. The minimum Gasteiger partial charge on any atom is -0.493 e. The van der Waals surface area contributed by atoms with E-state index >= 15 is 0 Å². The van der Waals surface area contributed by atoms with Crippen LogP contribution in [0, 0.1) is 11.6 Å². The first-order valence-electron chi connectivity index (χ1n) is 10.8. The Balaban J connectivity index is 1.52. The van der Waals surface area contributed by atoms with E-state index in [1.165, 1.54) is 25.4 Å². The Bertz CT molecular complexity index is 1080. The van der Waals surface area contributed by atoms with E-state index in [0.717, 1.165) is 39.3 Å². The lowest BCUT2D eigenvalue weighted by Crippen LogP contribution is -2.37. The standard InChI is InChI=1S/C24H27F2N3O4/c1-27-16-12-18(25)24(19(26)13-16)33-21-4-5-28-20-15-23(22(30-2)14-17(20)21)32-9-3-6-29-7-10-31-11-8-29/h4-5,12-15,27H,3,6-11H2,1-2H3. The molecule has 0 bridgehead atoms. The Kier molecular flexibility index (Phi) is 7.41. The molecule has 3 aromatic rings. The van der Waals surface area contributed by atoms with Crippen molar-refractivity contribution in [1.82, 2.24) is 9.88 Å². The number of fused-ring (bicyclic) bond motifs is 1. The summed E-state index contributed by atoms with van der Waals surface area (Å²) in [4.78, 5) is 6.70. The average Bonchev–Trinajstić information content (AvgIpc) is 2.84. The van der Waals surface area contributed by atoms with Crippen molar-refractivity contribution in [2.24, 2.45) is 0 Å². The number of nitrogens with one attached hydrogen (secondary N) is 1. The number of hydrogen-bond donors (Lipinski definition) is 1. The first-order chi connectivity index (χ1) is 16.1. The number of benzene rings is 2. The highest BCUT2D eigenvalue weighted by Crippen LogP contribution is 2.38. The zero-order valence-electron chi connectivity index (χ0n) is 18.7. The Labute approximate surface area is 191 Å². The zero-order valence-corrected chi connectivity index (χ0v) is 18.7. The van der Waals surface area contributed by atoms with Crippen LogP contribution in [0.2, 0.25) is 0 Å². The van der Waals surface area contributed by atoms with Gasteiger partial charge in [0.15, 0.2) is 28.9 Å². The van der Waals surface area contributed by atoms with Gasteiger partial charge in [0, 0.05) is 62.2 Å². The second kappa shape index (κ2) is 10.6. The van der Waals surface area contributed by atoms with Crippen molar-refractivity contribution in [2.45, 2.75) is 6.42 Å². The van der Waals surface area contributed by atoms with Crippen molar-refractivity contribution in [3.8, 4) is 23.0 Å². The van der Waals surface area contributed by atoms with Gasteiger partial charge in [-0.3, -0.25) is 9.88 Å². The number of halogens is 2. The maximum absolute atomic E-state index is 14.4. The molecule has 0 saturated carbocycles. The fraction of sp³-hybridized carbons (Fsp3) is 0.375. The summed E-state index contributed by atoms with van der Waals surface area (Å²) in [7, 11) is 3.12. The van der Waals surface area contributed by atoms with E-state index in [9.17, 15) is 8.78 Å². The molecule has 1 fully saturated rings. The van der Waals surface area contributed by atoms with Gasteiger partial charge in [-0.25, -0.2) is 8.78 Å². The number of ether oxygens (including phenoxy) is 4. The van der Waals surface area contributed by atoms with Gasteiger partial charge in [-0.1, -0.05) is 0 Å².